The number of anilines is 1. The average Bonchev–Trinajstić information content (AvgIpc) is 2.22. The van der Waals surface area contributed by atoms with Crippen molar-refractivity contribution in [1.82, 2.24) is 0 Å². The van der Waals surface area contributed by atoms with E-state index in [0.29, 0.717) is 11.3 Å². The smallest absolute Gasteiger partial charge is 0.131 e. The van der Waals surface area contributed by atoms with E-state index < -0.39 is 0 Å². The molecule has 0 atom stereocenters. The summed E-state index contributed by atoms with van der Waals surface area (Å²) in [5.74, 6) is -0.246. The van der Waals surface area contributed by atoms with E-state index >= 15 is 0 Å². The van der Waals surface area contributed by atoms with Crippen molar-refractivity contribution in [2.45, 2.75) is 0 Å². The van der Waals surface area contributed by atoms with Gasteiger partial charge in [-0.05, 0) is 35.9 Å². The van der Waals surface area contributed by atoms with Crippen LogP contribution in [0.1, 0.15) is 0 Å². The van der Waals surface area contributed by atoms with E-state index in [1.54, 1.807) is 24.3 Å². The van der Waals surface area contributed by atoms with Crippen LogP contribution in [-0.2, 0) is 0 Å². The molecule has 76 valence electrons. The van der Waals surface area contributed by atoms with Gasteiger partial charge < -0.3 is 5.73 Å². The molecule has 0 amide bonds. The molecule has 0 aliphatic carbocycles. The number of benzene rings is 2. The van der Waals surface area contributed by atoms with E-state index in [0.717, 1.165) is 10.0 Å². The van der Waals surface area contributed by atoms with Crippen LogP contribution in [0.3, 0.4) is 0 Å². The predicted molar refractivity (Wildman–Crippen MR) is 63.9 cm³/mol. The van der Waals surface area contributed by atoms with E-state index in [9.17, 15) is 4.39 Å². The van der Waals surface area contributed by atoms with Crippen molar-refractivity contribution in [3.63, 3.8) is 0 Å². The monoisotopic (exact) mass is 265 g/mol. The Kier molecular flexibility index (Phi) is 2.73. The van der Waals surface area contributed by atoms with Crippen LogP contribution in [0.4, 0.5) is 10.1 Å². The number of hydrogen-bond donors (Lipinski definition) is 1. The van der Waals surface area contributed by atoms with Gasteiger partial charge in [-0.1, -0.05) is 28.1 Å². The minimum absolute atomic E-state index is 0.246. The molecule has 0 radical (unpaired) electrons. The van der Waals surface area contributed by atoms with Gasteiger partial charge in [0.2, 0.25) is 0 Å². The van der Waals surface area contributed by atoms with Crippen molar-refractivity contribution in [2.75, 3.05) is 5.73 Å². The number of nitrogens with two attached hydrogens (primary N) is 1. The molecule has 2 rings (SSSR count). The second-order valence-electron chi connectivity index (χ2n) is 3.25. The molecule has 1 nitrogen and oxygen atoms in total. The normalized spacial score (nSPS) is 10.3. The van der Waals surface area contributed by atoms with E-state index in [2.05, 4.69) is 15.9 Å². The SMILES string of the molecule is Nc1cccc(-c2cc(Br)ccc2F)c1. The van der Waals surface area contributed by atoms with Gasteiger partial charge in [-0.3, -0.25) is 0 Å². The van der Waals surface area contributed by atoms with Crippen LogP contribution < -0.4 is 5.73 Å². The van der Waals surface area contributed by atoms with Gasteiger partial charge >= 0.3 is 0 Å². The summed E-state index contributed by atoms with van der Waals surface area (Å²) >= 11 is 3.31. The van der Waals surface area contributed by atoms with Crippen LogP contribution in [0, 0.1) is 5.82 Å². The van der Waals surface area contributed by atoms with Crippen LogP contribution in [0.5, 0.6) is 0 Å². The number of nitrogen functional groups attached to an aromatic ring is 1. The first-order chi connectivity index (χ1) is 7.16. The lowest BCUT2D eigenvalue weighted by molar-refractivity contribution is 0.631. The van der Waals surface area contributed by atoms with Gasteiger partial charge in [-0.15, -0.1) is 0 Å². The van der Waals surface area contributed by atoms with Crippen molar-refractivity contribution >= 4 is 21.6 Å². The van der Waals surface area contributed by atoms with Crippen LogP contribution >= 0.6 is 15.9 Å². The maximum absolute atomic E-state index is 13.5. The van der Waals surface area contributed by atoms with Gasteiger partial charge in [-0.2, -0.15) is 0 Å². The van der Waals surface area contributed by atoms with Gasteiger partial charge in [-0.25, -0.2) is 4.39 Å². The lowest BCUT2D eigenvalue weighted by Gasteiger charge is -2.04. The number of hydrogen-bond acceptors (Lipinski definition) is 1. The molecule has 2 aromatic carbocycles. The fraction of sp³-hybridized carbons (Fsp3) is 0. The van der Waals surface area contributed by atoms with Crippen LogP contribution in [0.15, 0.2) is 46.9 Å². The van der Waals surface area contributed by atoms with Crippen LogP contribution in [0.25, 0.3) is 11.1 Å². The van der Waals surface area contributed by atoms with Crippen molar-refractivity contribution in [3.8, 4) is 11.1 Å². The second-order valence-corrected chi connectivity index (χ2v) is 4.17. The Bertz CT molecular complexity index is 497. The molecule has 3 heteroatoms. The fourth-order valence-electron chi connectivity index (χ4n) is 1.42. The highest BCUT2D eigenvalue weighted by molar-refractivity contribution is 9.10. The van der Waals surface area contributed by atoms with Gasteiger partial charge in [0.1, 0.15) is 5.82 Å². The molecule has 0 saturated heterocycles. The average molecular weight is 266 g/mol. The zero-order chi connectivity index (χ0) is 10.8. The molecule has 0 unspecified atom stereocenters. The third-order valence-corrected chi connectivity index (χ3v) is 2.62. The Hall–Kier alpha value is -1.35. The maximum Gasteiger partial charge on any atom is 0.131 e. The summed E-state index contributed by atoms with van der Waals surface area (Å²) in [6.07, 6.45) is 0. The largest absolute Gasteiger partial charge is 0.399 e. The third-order valence-electron chi connectivity index (χ3n) is 2.13. The molecule has 0 aliphatic rings. The first-order valence-electron chi connectivity index (χ1n) is 4.48. The fourth-order valence-corrected chi connectivity index (χ4v) is 1.79. The highest BCUT2D eigenvalue weighted by Gasteiger charge is 2.05. The maximum atomic E-state index is 13.5. The highest BCUT2D eigenvalue weighted by Crippen LogP contribution is 2.27. The molecule has 0 aromatic heterocycles. The summed E-state index contributed by atoms with van der Waals surface area (Å²) in [4.78, 5) is 0. The standard InChI is InChI=1S/C12H9BrFN/c13-9-4-5-12(14)11(7-9)8-2-1-3-10(15)6-8/h1-7H,15H2. The lowest BCUT2D eigenvalue weighted by atomic mass is 10.0. The molecule has 0 fully saturated rings. The number of rotatable bonds is 1. The number of halogens is 2. The Morgan fingerprint density at radius 2 is 1.87 bits per heavy atom. The minimum Gasteiger partial charge on any atom is -0.399 e. The molecule has 0 saturated carbocycles. The summed E-state index contributed by atoms with van der Waals surface area (Å²) in [5.41, 5.74) is 7.62. The first-order valence-corrected chi connectivity index (χ1v) is 5.27. The van der Waals surface area contributed by atoms with Crippen LogP contribution in [-0.4, -0.2) is 0 Å². The molecule has 0 bridgehead atoms. The topological polar surface area (TPSA) is 26.0 Å². The third kappa shape index (κ3) is 2.18. The molecule has 0 heterocycles. The van der Waals surface area contributed by atoms with Crippen molar-refractivity contribution in [2.24, 2.45) is 0 Å². The summed E-state index contributed by atoms with van der Waals surface area (Å²) in [6, 6.07) is 12.0. The van der Waals surface area contributed by atoms with E-state index in [1.807, 2.05) is 12.1 Å². The Labute approximate surface area is 95.9 Å². The summed E-state index contributed by atoms with van der Waals surface area (Å²) in [7, 11) is 0. The van der Waals surface area contributed by atoms with Crippen molar-refractivity contribution in [3.05, 3.63) is 52.8 Å². The van der Waals surface area contributed by atoms with E-state index in [4.69, 9.17) is 5.73 Å². The van der Waals surface area contributed by atoms with Gasteiger partial charge in [0.15, 0.2) is 0 Å². The molecular weight excluding hydrogens is 257 g/mol. The molecule has 2 aromatic rings. The van der Waals surface area contributed by atoms with Gasteiger partial charge in [0.25, 0.3) is 0 Å². The summed E-state index contributed by atoms with van der Waals surface area (Å²) < 4.78 is 14.4. The molecular formula is C12H9BrFN. The van der Waals surface area contributed by atoms with Gasteiger partial charge in [0, 0.05) is 15.7 Å². The minimum atomic E-state index is -0.246. The lowest BCUT2D eigenvalue weighted by Crippen LogP contribution is -1.87. The Morgan fingerprint density at radius 3 is 2.60 bits per heavy atom. The first kappa shape index (κ1) is 10.2. The summed E-state index contributed by atoms with van der Waals surface area (Å²) in [6.45, 7) is 0. The predicted octanol–water partition coefficient (Wildman–Crippen LogP) is 3.84. The van der Waals surface area contributed by atoms with E-state index in [-0.39, 0.29) is 5.82 Å². The molecule has 0 spiro atoms. The second kappa shape index (κ2) is 4.03. The molecule has 15 heavy (non-hydrogen) atoms. The highest BCUT2D eigenvalue weighted by atomic mass is 79.9. The van der Waals surface area contributed by atoms with Crippen LogP contribution in [0.2, 0.25) is 0 Å². The van der Waals surface area contributed by atoms with Crippen molar-refractivity contribution < 1.29 is 4.39 Å². The zero-order valence-electron chi connectivity index (χ0n) is 7.87. The molecule has 0 aliphatic heterocycles. The Morgan fingerprint density at radius 1 is 1.07 bits per heavy atom. The Balaban J connectivity index is 2.58. The zero-order valence-corrected chi connectivity index (χ0v) is 9.46. The van der Waals surface area contributed by atoms with Crippen molar-refractivity contribution in [1.29, 1.82) is 0 Å². The van der Waals surface area contributed by atoms with Gasteiger partial charge in [0.05, 0.1) is 0 Å². The van der Waals surface area contributed by atoms with E-state index in [1.165, 1.54) is 6.07 Å². The summed E-state index contributed by atoms with van der Waals surface area (Å²) in [5, 5.41) is 0. The molecule has 2 N–H and O–H groups in total. The quantitative estimate of drug-likeness (QED) is 0.780.